The molecule has 0 aromatic heterocycles. The Hall–Kier alpha value is -3.27. The van der Waals surface area contributed by atoms with Crippen molar-refractivity contribution >= 4 is 12.2 Å². The monoisotopic (exact) mass is 394 g/mol. The molecule has 0 aliphatic rings. The fourth-order valence-electron chi connectivity index (χ4n) is 2.81. The molecule has 0 atom stereocenters. The Morgan fingerprint density at radius 3 is 2.28 bits per heavy atom. The fourth-order valence-corrected chi connectivity index (χ4v) is 2.81. The minimum absolute atomic E-state index is 0.186. The Morgan fingerprint density at radius 2 is 1.59 bits per heavy atom. The van der Waals surface area contributed by atoms with Crippen molar-refractivity contribution in [3.05, 3.63) is 101 Å². The summed E-state index contributed by atoms with van der Waals surface area (Å²) in [7, 11) is 0. The molecule has 0 unspecified atom stereocenters. The average molecular weight is 394 g/mol. The molecule has 0 bridgehead atoms. The Bertz CT molecular complexity index is 1040. The molecule has 0 aliphatic heterocycles. The highest BCUT2D eigenvalue weighted by molar-refractivity contribution is 5.72. The van der Waals surface area contributed by atoms with E-state index >= 15 is 0 Å². The van der Waals surface area contributed by atoms with E-state index in [0.29, 0.717) is 13.0 Å². The molecular weight excluding hydrogens is 373 g/mol. The summed E-state index contributed by atoms with van der Waals surface area (Å²) in [4.78, 5) is 0. The van der Waals surface area contributed by atoms with Gasteiger partial charge in [0, 0.05) is 5.56 Å². The van der Waals surface area contributed by atoms with Gasteiger partial charge in [-0.3, -0.25) is 0 Å². The predicted octanol–water partition coefficient (Wildman–Crippen LogP) is 7.20. The number of aryl methyl sites for hydroxylation is 1. The van der Waals surface area contributed by atoms with Crippen molar-refractivity contribution in [2.75, 3.05) is 6.61 Å². The third-order valence-corrected chi connectivity index (χ3v) is 4.52. The van der Waals surface area contributed by atoms with E-state index in [1.807, 2.05) is 24.3 Å². The smallest absolute Gasteiger partial charge is 0.166 e. The predicted molar refractivity (Wildman–Crippen MR) is 112 cm³/mol. The van der Waals surface area contributed by atoms with Crippen molar-refractivity contribution in [3.63, 3.8) is 0 Å². The van der Waals surface area contributed by atoms with Crippen LogP contribution in [0.25, 0.3) is 23.3 Å². The van der Waals surface area contributed by atoms with Crippen LogP contribution >= 0.6 is 0 Å². The van der Waals surface area contributed by atoms with Crippen LogP contribution in [-0.4, -0.2) is 6.61 Å². The molecular formula is C25H21F3O. The molecule has 0 fully saturated rings. The summed E-state index contributed by atoms with van der Waals surface area (Å²) in [6.07, 6.45) is 5.59. The van der Waals surface area contributed by atoms with Crippen LogP contribution in [-0.2, 0) is 0 Å². The van der Waals surface area contributed by atoms with E-state index in [0.717, 1.165) is 16.7 Å². The highest BCUT2D eigenvalue weighted by Gasteiger charge is 2.09. The lowest BCUT2D eigenvalue weighted by molar-refractivity contribution is 0.308. The zero-order valence-electron chi connectivity index (χ0n) is 16.1. The van der Waals surface area contributed by atoms with Gasteiger partial charge in [-0.2, -0.15) is 0 Å². The summed E-state index contributed by atoms with van der Waals surface area (Å²) in [6, 6.07) is 15.3. The van der Waals surface area contributed by atoms with Gasteiger partial charge in [0.25, 0.3) is 0 Å². The second-order valence-electron chi connectivity index (χ2n) is 6.63. The van der Waals surface area contributed by atoms with Gasteiger partial charge in [-0.15, -0.1) is 6.58 Å². The summed E-state index contributed by atoms with van der Waals surface area (Å²) in [5.41, 5.74) is 2.84. The van der Waals surface area contributed by atoms with E-state index in [-0.39, 0.29) is 16.9 Å². The molecule has 0 spiro atoms. The maximum absolute atomic E-state index is 14.2. The number of ether oxygens (including phenoxy) is 1. The van der Waals surface area contributed by atoms with E-state index in [2.05, 4.69) is 6.58 Å². The number of hydrogen-bond acceptors (Lipinski definition) is 1. The van der Waals surface area contributed by atoms with Gasteiger partial charge < -0.3 is 4.74 Å². The zero-order valence-corrected chi connectivity index (χ0v) is 16.1. The summed E-state index contributed by atoms with van der Waals surface area (Å²) in [6.45, 7) is 5.51. The molecule has 0 aliphatic carbocycles. The molecule has 148 valence electrons. The van der Waals surface area contributed by atoms with E-state index < -0.39 is 17.5 Å². The first-order valence-corrected chi connectivity index (χ1v) is 9.26. The molecule has 0 saturated heterocycles. The van der Waals surface area contributed by atoms with Crippen LogP contribution in [0.5, 0.6) is 5.75 Å². The molecule has 0 heterocycles. The fraction of sp³-hybridized carbons (Fsp3) is 0.120. The van der Waals surface area contributed by atoms with E-state index in [1.165, 1.54) is 19.1 Å². The maximum atomic E-state index is 14.2. The molecule has 3 aromatic carbocycles. The topological polar surface area (TPSA) is 9.23 Å². The molecule has 0 N–H and O–H groups in total. The van der Waals surface area contributed by atoms with E-state index in [4.69, 9.17) is 4.74 Å². The van der Waals surface area contributed by atoms with Crippen LogP contribution in [0.15, 0.2) is 67.3 Å². The molecule has 0 saturated carbocycles. The molecule has 0 radical (unpaired) electrons. The maximum Gasteiger partial charge on any atom is 0.166 e. The first-order valence-electron chi connectivity index (χ1n) is 9.26. The lowest BCUT2D eigenvalue weighted by Crippen LogP contribution is -1.97. The molecule has 3 rings (SSSR count). The van der Waals surface area contributed by atoms with Crippen LogP contribution in [0.3, 0.4) is 0 Å². The van der Waals surface area contributed by atoms with Crippen molar-refractivity contribution in [3.8, 4) is 16.9 Å². The normalized spacial score (nSPS) is 11.0. The summed E-state index contributed by atoms with van der Waals surface area (Å²) >= 11 is 0. The zero-order chi connectivity index (χ0) is 20.8. The largest absolute Gasteiger partial charge is 0.490 e. The van der Waals surface area contributed by atoms with Crippen molar-refractivity contribution in [1.29, 1.82) is 0 Å². The number of rotatable bonds is 7. The Labute approximate surface area is 168 Å². The summed E-state index contributed by atoms with van der Waals surface area (Å²) in [5.74, 6) is -1.90. The first kappa shape index (κ1) is 20.5. The van der Waals surface area contributed by atoms with Gasteiger partial charge in [0.1, 0.15) is 0 Å². The van der Waals surface area contributed by atoms with Crippen LogP contribution in [0.1, 0.15) is 23.1 Å². The van der Waals surface area contributed by atoms with E-state index in [9.17, 15) is 13.2 Å². The lowest BCUT2D eigenvalue weighted by Gasteiger charge is -2.08. The lowest BCUT2D eigenvalue weighted by atomic mass is 10.0. The minimum Gasteiger partial charge on any atom is -0.490 e. The van der Waals surface area contributed by atoms with Gasteiger partial charge in [-0.1, -0.05) is 60.7 Å². The standard InChI is InChI=1S/C25H21F3O/c1-3-4-15-29-23-14-13-21(16-22(23)26)19-10-6-18(7-11-19)8-12-20-9-5-17(2)24(27)25(20)28/h3,5-14,16H,1,4,15H2,2H3/b12-8+. The van der Waals surface area contributed by atoms with Gasteiger partial charge in [0.15, 0.2) is 23.2 Å². The van der Waals surface area contributed by atoms with E-state index in [1.54, 1.807) is 36.4 Å². The van der Waals surface area contributed by atoms with Gasteiger partial charge >= 0.3 is 0 Å². The first-order chi connectivity index (χ1) is 14.0. The quantitative estimate of drug-likeness (QED) is 0.234. The van der Waals surface area contributed by atoms with Crippen LogP contribution in [0.2, 0.25) is 0 Å². The van der Waals surface area contributed by atoms with Gasteiger partial charge in [0.05, 0.1) is 6.61 Å². The Kier molecular flexibility index (Phi) is 6.55. The van der Waals surface area contributed by atoms with Crippen LogP contribution < -0.4 is 4.74 Å². The molecule has 1 nitrogen and oxygen atoms in total. The molecule has 0 amide bonds. The minimum atomic E-state index is -0.858. The van der Waals surface area contributed by atoms with Gasteiger partial charge in [0.2, 0.25) is 0 Å². The summed E-state index contributed by atoms with van der Waals surface area (Å²) < 4.78 is 47.2. The highest BCUT2D eigenvalue weighted by atomic mass is 19.2. The summed E-state index contributed by atoms with van der Waals surface area (Å²) in [5, 5.41) is 0. The van der Waals surface area contributed by atoms with Crippen molar-refractivity contribution in [1.82, 2.24) is 0 Å². The van der Waals surface area contributed by atoms with Crippen molar-refractivity contribution < 1.29 is 17.9 Å². The number of hydrogen-bond donors (Lipinski definition) is 0. The average Bonchev–Trinajstić information content (AvgIpc) is 2.73. The third kappa shape index (κ3) is 4.96. The Morgan fingerprint density at radius 1 is 0.862 bits per heavy atom. The molecule has 4 heteroatoms. The SMILES string of the molecule is C=CCCOc1ccc(-c2ccc(/C=C/c3ccc(C)c(F)c3F)cc2)cc1F. The highest BCUT2D eigenvalue weighted by Crippen LogP contribution is 2.26. The van der Waals surface area contributed by atoms with Crippen molar-refractivity contribution in [2.24, 2.45) is 0 Å². The Balaban J connectivity index is 1.74. The van der Waals surface area contributed by atoms with Crippen LogP contribution in [0.4, 0.5) is 13.2 Å². The van der Waals surface area contributed by atoms with Gasteiger partial charge in [-0.05, 0) is 47.7 Å². The van der Waals surface area contributed by atoms with Gasteiger partial charge in [-0.25, -0.2) is 13.2 Å². The van der Waals surface area contributed by atoms with Crippen molar-refractivity contribution in [2.45, 2.75) is 13.3 Å². The molecule has 3 aromatic rings. The second kappa shape index (κ2) is 9.28. The number of halogens is 3. The van der Waals surface area contributed by atoms with Crippen LogP contribution in [0, 0.1) is 24.4 Å². The molecule has 29 heavy (non-hydrogen) atoms. The second-order valence-corrected chi connectivity index (χ2v) is 6.63. The third-order valence-electron chi connectivity index (χ3n) is 4.52. The number of benzene rings is 3.